The van der Waals surface area contributed by atoms with E-state index in [4.69, 9.17) is 10.4 Å². The number of aryl methyl sites for hydroxylation is 2. The molecule has 0 aliphatic rings. The van der Waals surface area contributed by atoms with Gasteiger partial charge in [0.15, 0.2) is 0 Å². The van der Waals surface area contributed by atoms with E-state index in [-0.39, 0.29) is 22.5 Å². The molecule has 3 aromatic heterocycles. The Hall–Kier alpha value is -2.96. The molecule has 3 rings (SSSR count). The Bertz CT molecular complexity index is 1160. The highest BCUT2D eigenvalue weighted by molar-refractivity contribution is 5.96. The summed E-state index contributed by atoms with van der Waals surface area (Å²) < 4.78 is 3.21. The van der Waals surface area contributed by atoms with Crippen LogP contribution in [0, 0.1) is 12.3 Å². The molecular formula is C22H29N5O2. The lowest BCUT2D eigenvalue weighted by molar-refractivity contribution is 0.0950. The lowest BCUT2D eigenvalue weighted by atomic mass is 10.1. The number of nitrogens with zero attached hydrogens (tertiary/aromatic N) is 3. The summed E-state index contributed by atoms with van der Waals surface area (Å²) in [7, 11) is 0. The standard InChI is InChI=1S/C22H29N5O2/c1-4-6-8-11-24-21(28)16-14-17-20(26(18(16)23)12-7-5-2)25-19-15(3)10-9-13-27(19)22(17)29/h9-10,13-14,23H,4-8,11-12H2,1-3H3,(H,24,28). The van der Waals surface area contributed by atoms with Crippen molar-refractivity contribution in [3.8, 4) is 0 Å². The zero-order chi connectivity index (χ0) is 21.0. The quantitative estimate of drug-likeness (QED) is 0.453. The fourth-order valence-electron chi connectivity index (χ4n) is 3.48. The predicted molar refractivity (Wildman–Crippen MR) is 114 cm³/mol. The Kier molecular flexibility index (Phi) is 6.46. The molecule has 2 N–H and O–H groups in total. The second-order valence-electron chi connectivity index (χ2n) is 7.41. The lowest BCUT2D eigenvalue weighted by Gasteiger charge is -2.15. The van der Waals surface area contributed by atoms with Crippen LogP contribution in [-0.2, 0) is 6.54 Å². The molecule has 0 radical (unpaired) electrons. The van der Waals surface area contributed by atoms with Crippen molar-refractivity contribution in [2.24, 2.45) is 0 Å². The number of carbonyl (C=O) groups excluding carboxylic acids is 1. The van der Waals surface area contributed by atoms with Crippen LogP contribution in [0.1, 0.15) is 61.9 Å². The lowest BCUT2D eigenvalue weighted by Crippen LogP contribution is -2.35. The average molecular weight is 396 g/mol. The minimum absolute atomic E-state index is 0.101. The molecule has 0 atom stereocenters. The van der Waals surface area contributed by atoms with Crippen molar-refractivity contribution < 1.29 is 4.79 Å². The molecule has 3 heterocycles. The molecule has 0 saturated carbocycles. The van der Waals surface area contributed by atoms with E-state index in [0.29, 0.717) is 29.8 Å². The maximum absolute atomic E-state index is 13.2. The van der Waals surface area contributed by atoms with Gasteiger partial charge in [0.1, 0.15) is 16.8 Å². The Balaban J connectivity index is 2.21. The number of hydrogen-bond donors (Lipinski definition) is 2. The molecule has 154 valence electrons. The highest BCUT2D eigenvalue weighted by atomic mass is 16.1. The highest BCUT2D eigenvalue weighted by Crippen LogP contribution is 2.13. The molecule has 0 saturated heterocycles. The molecule has 0 aromatic carbocycles. The van der Waals surface area contributed by atoms with E-state index in [1.165, 1.54) is 10.5 Å². The highest BCUT2D eigenvalue weighted by Gasteiger charge is 2.17. The van der Waals surface area contributed by atoms with Crippen LogP contribution in [0.15, 0.2) is 29.2 Å². The number of nitrogens with one attached hydrogen (secondary N) is 2. The first kappa shape index (κ1) is 20.8. The minimum atomic E-state index is -0.313. The van der Waals surface area contributed by atoms with Crippen LogP contribution in [0.25, 0.3) is 16.7 Å². The fraction of sp³-hybridized carbons (Fsp3) is 0.455. The van der Waals surface area contributed by atoms with Crippen molar-refractivity contribution in [2.75, 3.05) is 6.54 Å². The molecule has 0 aliphatic heterocycles. The monoisotopic (exact) mass is 395 g/mol. The van der Waals surface area contributed by atoms with Crippen molar-refractivity contribution in [1.29, 1.82) is 5.41 Å². The maximum Gasteiger partial charge on any atom is 0.267 e. The molecule has 0 unspecified atom stereocenters. The van der Waals surface area contributed by atoms with Gasteiger partial charge in [0.25, 0.3) is 11.5 Å². The molecule has 29 heavy (non-hydrogen) atoms. The van der Waals surface area contributed by atoms with Crippen molar-refractivity contribution in [3.05, 3.63) is 51.4 Å². The molecular weight excluding hydrogens is 366 g/mol. The van der Waals surface area contributed by atoms with E-state index in [0.717, 1.165) is 37.7 Å². The number of amides is 1. The number of rotatable bonds is 8. The van der Waals surface area contributed by atoms with Gasteiger partial charge < -0.3 is 9.88 Å². The van der Waals surface area contributed by atoms with Gasteiger partial charge >= 0.3 is 0 Å². The van der Waals surface area contributed by atoms with Crippen LogP contribution >= 0.6 is 0 Å². The summed E-state index contributed by atoms with van der Waals surface area (Å²) in [5.74, 6) is -0.313. The van der Waals surface area contributed by atoms with Crippen LogP contribution < -0.4 is 16.4 Å². The van der Waals surface area contributed by atoms with Gasteiger partial charge in [-0.1, -0.05) is 39.2 Å². The Morgan fingerprint density at radius 3 is 2.66 bits per heavy atom. The molecule has 0 aliphatic carbocycles. The average Bonchev–Trinajstić information content (AvgIpc) is 2.71. The van der Waals surface area contributed by atoms with Crippen LogP contribution in [-0.4, -0.2) is 26.4 Å². The Labute approximate surface area is 169 Å². The number of carbonyl (C=O) groups is 1. The number of pyridine rings is 2. The molecule has 0 bridgehead atoms. The molecule has 3 aromatic rings. The van der Waals surface area contributed by atoms with E-state index in [2.05, 4.69) is 19.2 Å². The Morgan fingerprint density at radius 2 is 1.93 bits per heavy atom. The first-order chi connectivity index (χ1) is 14.0. The van der Waals surface area contributed by atoms with E-state index >= 15 is 0 Å². The van der Waals surface area contributed by atoms with Crippen LogP contribution in [0.2, 0.25) is 0 Å². The maximum atomic E-state index is 13.2. The SMILES string of the molecule is CCCCCNC(=O)c1cc2c(=O)n3cccc(C)c3nc2n(CCCC)c1=N. The van der Waals surface area contributed by atoms with Crippen molar-refractivity contribution in [2.45, 2.75) is 59.4 Å². The second-order valence-corrected chi connectivity index (χ2v) is 7.41. The zero-order valence-corrected chi connectivity index (χ0v) is 17.4. The van der Waals surface area contributed by atoms with E-state index in [1.54, 1.807) is 10.8 Å². The van der Waals surface area contributed by atoms with E-state index < -0.39 is 0 Å². The largest absolute Gasteiger partial charge is 0.352 e. The minimum Gasteiger partial charge on any atom is -0.352 e. The molecule has 1 amide bonds. The third kappa shape index (κ3) is 4.09. The van der Waals surface area contributed by atoms with Crippen molar-refractivity contribution in [1.82, 2.24) is 19.3 Å². The van der Waals surface area contributed by atoms with Gasteiger partial charge in [-0.05, 0) is 37.5 Å². The summed E-state index contributed by atoms with van der Waals surface area (Å²) in [5.41, 5.74) is 2.02. The molecule has 7 nitrogen and oxygen atoms in total. The number of fused-ring (bicyclic) bond motifs is 2. The van der Waals surface area contributed by atoms with Gasteiger partial charge in [0.05, 0.1) is 10.9 Å². The van der Waals surface area contributed by atoms with Gasteiger partial charge in [-0.3, -0.25) is 19.4 Å². The smallest absolute Gasteiger partial charge is 0.267 e. The van der Waals surface area contributed by atoms with Gasteiger partial charge in [-0.25, -0.2) is 4.98 Å². The van der Waals surface area contributed by atoms with Crippen LogP contribution in [0.4, 0.5) is 0 Å². The first-order valence-electron chi connectivity index (χ1n) is 10.4. The van der Waals surface area contributed by atoms with Crippen LogP contribution in [0.5, 0.6) is 0 Å². The first-order valence-corrected chi connectivity index (χ1v) is 10.4. The topological polar surface area (TPSA) is 92.2 Å². The molecule has 0 fully saturated rings. The number of aromatic nitrogens is 3. The molecule has 7 heteroatoms. The summed E-state index contributed by atoms with van der Waals surface area (Å²) in [6, 6.07) is 5.24. The summed E-state index contributed by atoms with van der Waals surface area (Å²) in [6.07, 6.45) is 6.47. The second kappa shape index (κ2) is 9.03. The third-order valence-corrected chi connectivity index (χ3v) is 5.18. The molecule has 0 spiro atoms. The van der Waals surface area contributed by atoms with Gasteiger partial charge in [0.2, 0.25) is 0 Å². The van der Waals surface area contributed by atoms with Crippen LogP contribution in [0.3, 0.4) is 0 Å². The predicted octanol–water partition coefficient (Wildman–Crippen LogP) is 3.16. The summed E-state index contributed by atoms with van der Waals surface area (Å²) in [4.78, 5) is 30.6. The van der Waals surface area contributed by atoms with Gasteiger partial charge in [-0.15, -0.1) is 0 Å². The van der Waals surface area contributed by atoms with Crippen molar-refractivity contribution in [3.63, 3.8) is 0 Å². The summed E-state index contributed by atoms with van der Waals surface area (Å²) in [6.45, 7) is 7.18. The zero-order valence-electron chi connectivity index (χ0n) is 17.4. The summed E-state index contributed by atoms with van der Waals surface area (Å²) >= 11 is 0. The van der Waals surface area contributed by atoms with Gasteiger partial charge in [-0.2, -0.15) is 0 Å². The van der Waals surface area contributed by atoms with Gasteiger partial charge in [0, 0.05) is 19.3 Å². The normalized spacial score (nSPS) is 11.3. The number of unbranched alkanes of at least 4 members (excludes halogenated alkanes) is 3. The van der Waals surface area contributed by atoms with E-state index in [1.807, 2.05) is 19.1 Å². The van der Waals surface area contributed by atoms with E-state index in [9.17, 15) is 9.59 Å². The Morgan fingerprint density at radius 1 is 1.17 bits per heavy atom. The number of hydrogen-bond acceptors (Lipinski definition) is 4. The van der Waals surface area contributed by atoms with Crippen molar-refractivity contribution >= 4 is 22.6 Å². The fourth-order valence-corrected chi connectivity index (χ4v) is 3.48. The summed E-state index contributed by atoms with van der Waals surface area (Å²) in [5, 5.41) is 11.9. The third-order valence-electron chi connectivity index (χ3n) is 5.18.